The molecule has 11 heterocycles. The van der Waals surface area contributed by atoms with Crippen LogP contribution in [0.15, 0.2) is 135 Å². The van der Waals surface area contributed by atoms with Crippen LogP contribution in [-0.4, -0.2) is 128 Å². The number of guanidine groups is 1. The first-order valence-electron chi connectivity index (χ1n) is 34.4. The fraction of sp³-hybridized carbons (Fsp3) is 0.372. The van der Waals surface area contributed by atoms with Gasteiger partial charge < -0.3 is 62.3 Å². The fourth-order valence-corrected chi connectivity index (χ4v) is 10.1. The summed E-state index contributed by atoms with van der Waals surface area (Å²) in [7, 11) is 0. The molecule has 11 rings (SSSR count). The average molecular weight is 2090 g/mol. The van der Waals surface area contributed by atoms with Crippen LogP contribution in [0.3, 0.4) is 0 Å². The summed E-state index contributed by atoms with van der Waals surface area (Å²) in [5.41, 5.74) is 20.3. The number of alkyl halides is 2. The number of aromatic nitrogens is 12. The van der Waals surface area contributed by atoms with Crippen molar-refractivity contribution in [2.45, 2.75) is 184 Å². The van der Waals surface area contributed by atoms with Crippen molar-refractivity contribution in [2.24, 2.45) is 11.5 Å². The Morgan fingerprint density at radius 2 is 1.02 bits per heavy atom. The molecule has 0 fully saturated rings. The molecule has 12 N–H and O–H groups in total. The number of ketones is 1. The minimum atomic E-state index is -1.06. The summed E-state index contributed by atoms with van der Waals surface area (Å²) in [6.07, 6.45) is 37.5. The van der Waals surface area contributed by atoms with E-state index in [0.717, 1.165) is 91.9 Å². The summed E-state index contributed by atoms with van der Waals surface area (Å²) in [4.78, 5) is 96.9. The van der Waals surface area contributed by atoms with E-state index in [-0.39, 0.29) is 92.4 Å². The molecule has 0 aromatic carbocycles. The Kier molecular flexibility index (Phi) is 54.4. The fourth-order valence-electron chi connectivity index (χ4n) is 8.73. The molecule has 11 aromatic heterocycles. The maximum atomic E-state index is 12.4. The number of anilines is 1. The Labute approximate surface area is 770 Å². The molecule has 0 amide bonds. The molecule has 0 aliphatic heterocycles. The van der Waals surface area contributed by atoms with Gasteiger partial charge in [0.15, 0.2) is 0 Å². The van der Waals surface area contributed by atoms with Crippen molar-refractivity contribution >= 4 is 202 Å². The maximum Gasteiger partial charge on any atom is 1.00 e. The molecule has 0 unspecified atom stereocenters. The maximum absolute atomic E-state index is 12.4. The van der Waals surface area contributed by atoms with Crippen LogP contribution >= 0.6 is 106 Å². The van der Waals surface area contributed by atoms with Crippen LogP contribution in [-0.2, 0) is 30.1 Å². The normalized spacial score (nSPS) is 10.2. The van der Waals surface area contributed by atoms with Gasteiger partial charge >= 0.3 is 81.8 Å². The van der Waals surface area contributed by atoms with Crippen LogP contribution in [0.2, 0.25) is 0 Å². The molecule has 113 heavy (non-hydrogen) atoms. The molecular weight excluding hydrogens is 1990 g/mol. The van der Waals surface area contributed by atoms with E-state index in [9.17, 15) is 24.0 Å². The number of halogens is 7. The topological polar surface area (TPSA) is 413 Å². The first kappa shape index (κ1) is 109. The molecule has 0 aliphatic carbocycles. The first-order chi connectivity index (χ1) is 51.9. The van der Waals surface area contributed by atoms with Crippen LogP contribution in [0.25, 0.3) is 65.8 Å². The molecule has 0 spiro atoms. The van der Waals surface area contributed by atoms with E-state index >= 15 is 0 Å². The molecule has 0 saturated heterocycles. The summed E-state index contributed by atoms with van der Waals surface area (Å²) in [6, 6.07) is 13.6. The number of Topliss-reactive ketones (excluding diaryl/α,β-unsaturated/α-hetero) is 1. The Morgan fingerprint density at radius 3 is 1.50 bits per heavy atom. The van der Waals surface area contributed by atoms with Gasteiger partial charge in [-0.1, -0.05) is 46.0 Å². The number of H-pyrrole nitrogens is 3. The second kappa shape index (κ2) is 56.7. The van der Waals surface area contributed by atoms with Gasteiger partial charge in [-0.2, -0.15) is 0 Å². The standard InChI is InChI=1S/C19H22N2O3.C15H17N5.C12H13IN2O2.C10H18O5.C7H5IN2.C7H6N2.C6H10.CH2Cl2.CH5N3.ClH.I2.K.H2O/c1-5-6-7-8-9-17(22)15-13-21(18(23)24-19(2,3)4)16-12-20-11-10-14(15)16;1-2-3-4-10-7-13(20-15(16)19-10)12-8-18-14-9-17-6-5-11(12)14;1-12(2,3)17-11(16)15-7-9(13)8-4-5-14-6-10(8)15;1-9(2,3)14-7(11)13-8(12)15-10(4,5)6;8-6-3-10-7-4-9-2-1-5(6)7;1-3-8-5-7-6(1)2-4-9-7;1-3-5-6-4-2;2-1-3;2-1(3)4;;1-2;;/h10-13H,5-7H2,1-4H3;5-9,18H,2-4H2,1H3,(H2,16,19,20);4-7H,1-3H3;1-6H3;1-4,10H;1-5,9H;1H,4-6H2,2H3;1H2;(H5,2,3,4);1H;;;1H2/q;;;;;;;;;;;+1;/p-1. The van der Waals surface area contributed by atoms with E-state index in [1.807, 2.05) is 88.2 Å². The number of fused-ring (bicyclic) bond motifs is 5. The van der Waals surface area contributed by atoms with Crippen LogP contribution in [0.5, 0.6) is 0 Å². The first-order valence-corrected chi connectivity index (χ1v) is 43.9. The molecule has 0 radical (unpaired) electrons. The number of ether oxygens (including phenoxy) is 5. The number of hydrogen-bond donors (Lipinski definition) is 7. The zero-order valence-corrected chi connectivity index (χ0v) is 80.4. The second-order valence-electron chi connectivity index (χ2n) is 27.0. The minimum absolute atomic E-state index is 0. The molecule has 35 heteroatoms. The van der Waals surface area contributed by atoms with Gasteiger partial charge in [0.25, 0.3) is 0 Å². The number of aryl methyl sites for hydroxylation is 1. The minimum Gasteiger partial charge on any atom is -1.00 e. The third-order valence-corrected chi connectivity index (χ3v) is 15.0. The smallest absolute Gasteiger partial charge is 1.00 e. The van der Waals surface area contributed by atoms with Gasteiger partial charge in [-0.3, -0.25) is 51.2 Å². The Balaban J connectivity index is 0. The van der Waals surface area contributed by atoms with Crippen LogP contribution in [0, 0.1) is 31.3 Å². The zero-order valence-electron chi connectivity index (χ0n) is 66.4. The number of pyridine rings is 5. The third-order valence-electron chi connectivity index (χ3n) is 13.2. The van der Waals surface area contributed by atoms with Crippen molar-refractivity contribution in [1.82, 2.24) is 59.0 Å². The van der Waals surface area contributed by atoms with Crippen LogP contribution < -0.4 is 86.4 Å². The molecular formula is C78H100Cl3I4KN16O11. The van der Waals surface area contributed by atoms with Gasteiger partial charge in [-0.05, 0) is 202 Å². The predicted octanol–water partition coefficient (Wildman–Crippen LogP) is 13.0. The summed E-state index contributed by atoms with van der Waals surface area (Å²) in [6.45, 7) is 27.3. The van der Waals surface area contributed by atoms with Gasteiger partial charge in [0.2, 0.25) is 11.7 Å². The third kappa shape index (κ3) is 43.3. The van der Waals surface area contributed by atoms with Gasteiger partial charge in [-0.25, -0.2) is 33.7 Å². The quantitative estimate of drug-likeness (QED) is 0.00574. The number of nitrogens with two attached hydrogens (primary N) is 4. The molecule has 0 bridgehead atoms. The number of nitrogen functional groups attached to an aromatic ring is 1. The van der Waals surface area contributed by atoms with E-state index in [4.69, 9.17) is 54.3 Å². The number of aromatic amines is 3. The summed E-state index contributed by atoms with van der Waals surface area (Å²) in [5, 5.41) is 9.98. The largest absolute Gasteiger partial charge is 1.00 e. The van der Waals surface area contributed by atoms with Crippen molar-refractivity contribution in [1.29, 1.82) is 0 Å². The van der Waals surface area contributed by atoms with Crippen LogP contribution in [0.4, 0.5) is 25.1 Å². The number of nitrogens with zero attached hydrogens (tertiary/aromatic N) is 9. The number of hydrogen-bond acceptors (Lipinski definition) is 19. The van der Waals surface area contributed by atoms with E-state index < -0.39 is 40.8 Å². The van der Waals surface area contributed by atoms with Crippen molar-refractivity contribution in [3.8, 4) is 35.4 Å². The number of carbonyl (C=O) groups excluding carboxylic acids is 5. The van der Waals surface area contributed by atoms with Gasteiger partial charge in [0, 0.05) is 157 Å². The van der Waals surface area contributed by atoms with Crippen molar-refractivity contribution < 1.29 is 122 Å². The number of nitrogens with one attached hydrogen (secondary N) is 3. The molecule has 0 aliphatic rings. The van der Waals surface area contributed by atoms with E-state index in [2.05, 4.69) is 192 Å². The SMILES string of the molecule is C#CCCCC.CC(C)(C)OC(=O)OC(=O)OC(C)(C)C.CC(C)(C)OC(=O)n1cc(I)c2ccncc21.CCCCC#CC(=O)c1cn(C(=O)OC(C)(C)C)c2cnccc12.CCCCc1cc(-c2c[nH]c3cnccc23)nc(N)n1.ClCCl.II.Ic1c[nH]c2cnccc12.NC(N)=[NH2+].[Cl-].[K+].[OH-].c1cc2cc[nH]c2cn1. The van der Waals surface area contributed by atoms with Gasteiger partial charge in [0.1, 0.15) is 22.4 Å². The molecule has 0 saturated carbocycles. The molecule has 0 atom stereocenters. The van der Waals surface area contributed by atoms with Crippen molar-refractivity contribution in [2.75, 3.05) is 11.1 Å². The summed E-state index contributed by atoms with van der Waals surface area (Å²) < 4.78 is 29.6. The number of terminal acetylenes is 1. The van der Waals surface area contributed by atoms with Gasteiger partial charge in [-0.15, -0.1) is 35.5 Å². The second-order valence-corrected chi connectivity index (χ2v) is 30.1. The Morgan fingerprint density at radius 1 is 0.584 bits per heavy atom. The Bertz CT molecular complexity index is 4740. The number of unbranched alkanes of at least 4 members (excludes halogenated alkanes) is 5. The molecule has 27 nitrogen and oxygen atoms in total. The van der Waals surface area contributed by atoms with Crippen LogP contribution in [0.1, 0.15) is 171 Å². The number of carbonyl (C=O) groups is 5. The van der Waals surface area contributed by atoms with Crippen molar-refractivity contribution in [3.05, 3.63) is 154 Å². The van der Waals surface area contributed by atoms with E-state index in [1.54, 1.807) is 124 Å². The number of rotatable bonds is 9. The van der Waals surface area contributed by atoms with Crippen molar-refractivity contribution in [3.63, 3.8) is 0 Å². The zero-order chi connectivity index (χ0) is 82.8. The summed E-state index contributed by atoms with van der Waals surface area (Å²) >= 11 is 18.3. The average Bonchev–Trinajstić information content (AvgIpc) is 1.64. The van der Waals surface area contributed by atoms with E-state index in [1.165, 1.54) is 42.5 Å². The monoisotopic (exact) mass is 2090 g/mol. The molecule has 11 aromatic rings. The van der Waals surface area contributed by atoms with E-state index in [0.29, 0.717) is 28.8 Å². The molecule has 608 valence electrons. The van der Waals surface area contributed by atoms with Gasteiger partial charge in [0.05, 0.1) is 75.2 Å². The summed E-state index contributed by atoms with van der Waals surface area (Å²) in [5.74, 6) is 8.05. The Hall–Kier alpha value is -6.54. The predicted molar refractivity (Wildman–Crippen MR) is 476 cm³/mol.